The standard InChI is InChI=1S/C15H21NO3/c1-15(2,18-4)7-8-19-11-12-5-6-13(10-16)14(9-12)17-3/h5-6,9H,7-8,11H2,1-4H3. The average Bonchev–Trinajstić information content (AvgIpc) is 2.43. The molecule has 0 saturated heterocycles. The summed E-state index contributed by atoms with van der Waals surface area (Å²) in [5, 5.41) is 8.90. The molecule has 0 atom stereocenters. The Hall–Kier alpha value is -1.57. The van der Waals surface area contributed by atoms with Gasteiger partial charge in [0.1, 0.15) is 11.8 Å². The third kappa shape index (κ3) is 4.90. The number of benzene rings is 1. The highest BCUT2D eigenvalue weighted by Crippen LogP contribution is 2.20. The van der Waals surface area contributed by atoms with Gasteiger partial charge in [-0.1, -0.05) is 6.07 Å². The van der Waals surface area contributed by atoms with E-state index in [2.05, 4.69) is 6.07 Å². The van der Waals surface area contributed by atoms with Crippen molar-refractivity contribution in [1.29, 1.82) is 5.26 Å². The molecule has 0 bridgehead atoms. The van der Waals surface area contributed by atoms with E-state index in [9.17, 15) is 0 Å². The zero-order valence-corrected chi connectivity index (χ0v) is 12.0. The second kappa shape index (κ2) is 7.13. The van der Waals surface area contributed by atoms with Crippen molar-refractivity contribution in [2.75, 3.05) is 20.8 Å². The summed E-state index contributed by atoms with van der Waals surface area (Å²) in [5.74, 6) is 0.584. The SMILES string of the molecule is COc1cc(COCCC(C)(C)OC)ccc1C#N. The second-order valence-corrected chi connectivity index (χ2v) is 4.91. The Kier molecular flexibility index (Phi) is 5.81. The van der Waals surface area contributed by atoms with Crippen LogP contribution in [0.5, 0.6) is 5.75 Å². The maximum absolute atomic E-state index is 8.90. The molecule has 0 aliphatic carbocycles. The lowest BCUT2D eigenvalue weighted by molar-refractivity contribution is -0.0124. The number of methoxy groups -OCH3 is 2. The molecule has 1 aromatic rings. The Balaban J connectivity index is 2.49. The average molecular weight is 263 g/mol. The van der Waals surface area contributed by atoms with E-state index in [0.29, 0.717) is 24.5 Å². The van der Waals surface area contributed by atoms with Crippen molar-refractivity contribution in [3.8, 4) is 11.8 Å². The van der Waals surface area contributed by atoms with Crippen LogP contribution in [-0.2, 0) is 16.1 Å². The minimum atomic E-state index is -0.164. The first-order chi connectivity index (χ1) is 9.02. The van der Waals surface area contributed by atoms with Gasteiger partial charge in [-0.3, -0.25) is 0 Å². The van der Waals surface area contributed by atoms with Crippen LogP contribution in [0.1, 0.15) is 31.4 Å². The molecule has 4 nitrogen and oxygen atoms in total. The molecule has 0 aliphatic rings. The van der Waals surface area contributed by atoms with Crippen molar-refractivity contribution in [2.45, 2.75) is 32.5 Å². The largest absolute Gasteiger partial charge is 0.495 e. The van der Waals surface area contributed by atoms with E-state index in [1.165, 1.54) is 0 Å². The molecule has 0 N–H and O–H groups in total. The minimum absolute atomic E-state index is 0.164. The summed E-state index contributed by atoms with van der Waals surface area (Å²) in [7, 11) is 3.26. The monoisotopic (exact) mass is 263 g/mol. The van der Waals surface area contributed by atoms with Crippen LogP contribution in [0.2, 0.25) is 0 Å². The van der Waals surface area contributed by atoms with Gasteiger partial charge in [0.2, 0.25) is 0 Å². The van der Waals surface area contributed by atoms with E-state index in [0.717, 1.165) is 12.0 Å². The number of nitriles is 1. The van der Waals surface area contributed by atoms with Gasteiger partial charge < -0.3 is 14.2 Å². The topological polar surface area (TPSA) is 51.5 Å². The molecule has 0 aliphatic heterocycles. The van der Waals surface area contributed by atoms with Gasteiger partial charge in [0, 0.05) is 13.7 Å². The molecule has 0 aromatic heterocycles. The zero-order valence-electron chi connectivity index (χ0n) is 12.0. The van der Waals surface area contributed by atoms with Crippen LogP contribution < -0.4 is 4.74 Å². The third-order valence-corrected chi connectivity index (χ3v) is 3.06. The summed E-state index contributed by atoms with van der Waals surface area (Å²) in [6, 6.07) is 7.54. The first kappa shape index (κ1) is 15.5. The number of hydrogen-bond acceptors (Lipinski definition) is 4. The van der Waals surface area contributed by atoms with Gasteiger partial charge in [0.05, 0.1) is 24.9 Å². The molecule has 4 heteroatoms. The Bertz CT molecular complexity index is 449. The van der Waals surface area contributed by atoms with Crippen LogP contribution in [-0.4, -0.2) is 26.4 Å². The molecule has 0 fully saturated rings. The summed E-state index contributed by atoms with van der Waals surface area (Å²) in [6.45, 7) is 5.19. The van der Waals surface area contributed by atoms with E-state index in [-0.39, 0.29) is 5.60 Å². The summed E-state index contributed by atoms with van der Waals surface area (Å²) >= 11 is 0. The normalized spacial score (nSPS) is 11.1. The molecule has 0 amide bonds. The summed E-state index contributed by atoms with van der Waals surface area (Å²) in [5.41, 5.74) is 1.36. The lowest BCUT2D eigenvalue weighted by Crippen LogP contribution is -2.24. The van der Waals surface area contributed by atoms with Gasteiger partial charge in [-0.2, -0.15) is 5.26 Å². The maximum Gasteiger partial charge on any atom is 0.136 e. The predicted molar refractivity (Wildman–Crippen MR) is 73.1 cm³/mol. The van der Waals surface area contributed by atoms with Gasteiger partial charge in [-0.15, -0.1) is 0 Å². The fraction of sp³-hybridized carbons (Fsp3) is 0.533. The van der Waals surface area contributed by atoms with Crippen molar-refractivity contribution in [3.05, 3.63) is 29.3 Å². The molecular formula is C15H21NO3. The number of rotatable bonds is 7. The molecule has 0 unspecified atom stereocenters. The summed E-state index contributed by atoms with van der Waals surface area (Å²) < 4.78 is 16.1. The van der Waals surface area contributed by atoms with E-state index in [1.54, 1.807) is 20.3 Å². The van der Waals surface area contributed by atoms with E-state index in [1.807, 2.05) is 26.0 Å². The van der Waals surface area contributed by atoms with E-state index < -0.39 is 0 Å². The Labute approximate surface area is 114 Å². The quantitative estimate of drug-likeness (QED) is 0.710. The smallest absolute Gasteiger partial charge is 0.136 e. The maximum atomic E-state index is 8.90. The zero-order chi connectivity index (χ0) is 14.3. The molecule has 0 saturated carbocycles. The highest BCUT2D eigenvalue weighted by atomic mass is 16.5. The first-order valence-electron chi connectivity index (χ1n) is 6.22. The van der Waals surface area contributed by atoms with Crippen molar-refractivity contribution < 1.29 is 14.2 Å². The molecular weight excluding hydrogens is 242 g/mol. The van der Waals surface area contributed by atoms with Gasteiger partial charge in [0.15, 0.2) is 0 Å². The molecule has 1 aromatic carbocycles. The van der Waals surface area contributed by atoms with Gasteiger partial charge in [0.25, 0.3) is 0 Å². The van der Waals surface area contributed by atoms with Crippen molar-refractivity contribution in [3.63, 3.8) is 0 Å². The minimum Gasteiger partial charge on any atom is -0.495 e. The van der Waals surface area contributed by atoms with Crippen molar-refractivity contribution in [2.24, 2.45) is 0 Å². The van der Waals surface area contributed by atoms with Gasteiger partial charge in [-0.25, -0.2) is 0 Å². The lowest BCUT2D eigenvalue weighted by Gasteiger charge is -2.22. The number of ether oxygens (including phenoxy) is 3. The number of hydrogen-bond donors (Lipinski definition) is 0. The highest BCUT2D eigenvalue weighted by Gasteiger charge is 2.15. The second-order valence-electron chi connectivity index (χ2n) is 4.91. The van der Waals surface area contributed by atoms with Crippen molar-refractivity contribution >= 4 is 0 Å². The molecule has 0 heterocycles. The van der Waals surface area contributed by atoms with Crippen molar-refractivity contribution in [1.82, 2.24) is 0 Å². The summed E-state index contributed by atoms with van der Waals surface area (Å²) in [6.07, 6.45) is 0.830. The van der Waals surface area contributed by atoms with E-state index >= 15 is 0 Å². The molecule has 0 radical (unpaired) electrons. The van der Waals surface area contributed by atoms with Crippen LogP contribution in [0.3, 0.4) is 0 Å². The Morgan fingerprint density at radius 2 is 2.00 bits per heavy atom. The fourth-order valence-corrected chi connectivity index (χ4v) is 1.53. The first-order valence-corrected chi connectivity index (χ1v) is 6.22. The number of nitrogens with zero attached hydrogens (tertiary/aromatic N) is 1. The Morgan fingerprint density at radius 3 is 2.58 bits per heavy atom. The molecule has 0 spiro atoms. The van der Waals surface area contributed by atoms with E-state index in [4.69, 9.17) is 19.5 Å². The van der Waals surface area contributed by atoms with Crippen LogP contribution in [0.4, 0.5) is 0 Å². The van der Waals surface area contributed by atoms with Gasteiger partial charge >= 0.3 is 0 Å². The highest BCUT2D eigenvalue weighted by molar-refractivity contribution is 5.45. The molecule has 19 heavy (non-hydrogen) atoms. The van der Waals surface area contributed by atoms with Crippen LogP contribution >= 0.6 is 0 Å². The third-order valence-electron chi connectivity index (χ3n) is 3.06. The van der Waals surface area contributed by atoms with Crippen LogP contribution in [0.25, 0.3) is 0 Å². The summed E-state index contributed by atoms with van der Waals surface area (Å²) in [4.78, 5) is 0. The lowest BCUT2D eigenvalue weighted by atomic mass is 10.1. The van der Waals surface area contributed by atoms with Gasteiger partial charge in [-0.05, 0) is 38.0 Å². The Morgan fingerprint density at radius 1 is 1.26 bits per heavy atom. The molecule has 1 rings (SSSR count). The van der Waals surface area contributed by atoms with Crippen LogP contribution in [0.15, 0.2) is 18.2 Å². The predicted octanol–water partition coefficient (Wildman–Crippen LogP) is 2.90. The fourth-order valence-electron chi connectivity index (χ4n) is 1.53. The molecule has 104 valence electrons. The van der Waals surface area contributed by atoms with Crippen LogP contribution in [0, 0.1) is 11.3 Å².